The predicted molar refractivity (Wildman–Crippen MR) is 81.4 cm³/mol. The van der Waals surface area contributed by atoms with E-state index in [0.29, 0.717) is 20.4 Å². The molecule has 4 heteroatoms. The average molecular weight is 365 g/mol. The van der Waals surface area contributed by atoms with Crippen molar-refractivity contribution in [3.05, 3.63) is 63.0 Å². The normalized spacial score (nSPS) is 9.74. The highest BCUT2D eigenvalue weighted by Gasteiger charge is 2.10. The highest BCUT2D eigenvalue weighted by atomic mass is 127. The van der Waals surface area contributed by atoms with Crippen molar-refractivity contribution in [1.29, 1.82) is 0 Å². The van der Waals surface area contributed by atoms with Crippen LogP contribution in [0.5, 0.6) is 0 Å². The molecule has 0 unspecified atom stereocenters. The first kappa shape index (κ1) is 13.6. The van der Waals surface area contributed by atoms with Crippen LogP contribution in [0.4, 0.5) is 10.1 Å². The molecule has 1 amide bonds. The van der Waals surface area contributed by atoms with Crippen molar-refractivity contribution in [1.82, 2.24) is 0 Å². The van der Waals surface area contributed by atoms with Gasteiger partial charge in [-0.25, -0.2) is 4.39 Å². The van der Waals surface area contributed by atoms with Crippen molar-refractivity contribution in [2.24, 2.45) is 0 Å². The van der Waals surface area contributed by atoms with Crippen LogP contribution >= 0.6 is 22.6 Å². The fourth-order valence-electron chi connectivity index (χ4n) is 1.56. The lowest BCUT2D eigenvalue weighted by Crippen LogP contribution is -2.13. The molecule has 19 heavy (non-hydrogen) atoms. The van der Waals surface area contributed by atoms with E-state index in [1.165, 1.54) is 18.2 Å². The molecule has 0 radical (unpaired) electrons. The smallest absolute Gasteiger partial charge is 0.256 e. The van der Waals surface area contributed by atoms with Gasteiger partial charge in [-0.3, -0.25) is 4.79 Å². The van der Waals surface area contributed by atoms with Crippen molar-refractivity contribution < 1.29 is 9.18 Å². The third kappa shape index (κ3) is 3.32. The summed E-state index contributed by atoms with van der Waals surface area (Å²) in [5.74, 6) is 1.84. The van der Waals surface area contributed by atoms with Crippen LogP contribution in [-0.4, -0.2) is 5.91 Å². The van der Waals surface area contributed by atoms with Gasteiger partial charge in [0.15, 0.2) is 0 Å². The van der Waals surface area contributed by atoms with Gasteiger partial charge in [0.1, 0.15) is 5.82 Å². The molecule has 0 atom stereocenters. The molecule has 0 saturated heterocycles. The molecular formula is C15H9FINO. The number of hydrogen-bond donors (Lipinski definition) is 1. The van der Waals surface area contributed by atoms with E-state index >= 15 is 0 Å². The number of carbonyl (C=O) groups is 1. The number of terminal acetylenes is 1. The van der Waals surface area contributed by atoms with Crippen LogP contribution in [0.1, 0.15) is 15.9 Å². The first-order chi connectivity index (χ1) is 9.10. The summed E-state index contributed by atoms with van der Waals surface area (Å²) in [6.07, 6.45) is 5.30. The number of carbonyl (C=O) groups excluding carboxylic acids is 1. The predicted octanol–water partition coefficient (Wildman–Crippen LogP) is 3.66. The van der Waals surface area contributed by atoms with Crippen molar-refractivity contribution >= 4 is 34.2 Å². The largest absolute Gasteiger partial charge is 0.322 e. The molecule has 0 heterocycles. The molecule has 0 aliphatic rings. The molecule has 1 N–H and O–H groups in total. The van der Waals surface area contributed by atoms with E-state index in [1.54, 1.807) is 24.3 Å². The molecule has 0 aromatic heterocycles. The minimum Gasteiger partial charge on any atom is -0.322 e. The topological polar surface area (TPSA) is 29.1 Å². The van der Waals surface area contributed by atoms with Gasteiger partial charge in [-0.15, -0.1) is 6.42 Å². The Morgan fingerprint density at radius 2 is 2.05 bits per heavy atom. The van der Waals surface area contributed by atoms with Gasteiger partial charge in [0, 0.05) is 14.8 Å². The van der Waals surface area contributed by atoms with E-state index in [2.05, 4.69) is 11.2 Å². The summed E-state index contributed by atoms with van der Waals surface area (Å²) >= 11 is 1.92. The van der Waals surface area contributed by atoms with Crippen LogP contribution < -0.4 is 5.32 Å². The zero-order chi connectivity index (χ0) is 13.8. The van der Waals surface area contributed by atoms with Crippen LogP contribution in [0.15, 0.2) is 42.5 Å². The van der Waals surface area contributed by atoms with Gasteiger partial charge < -0.3 is 5.32 Å². The van der Waals surface area contributed by atoms with E-state index in [0.717, 1.165) is 0 Å². The van der Waals surface area contributed by atoms with Crippen LogP contribution in [0, 0.1) is 21.7 Å². The summed E-state index contributed by atoms with van der Waals surface area (Å²) in [5, 5.41) is 2.73. The standard InChI is InChI=1S/C15H9FINO/c1-2-10-4-3-5-12(8-10)18-15(19)13-7-6-11(16)9-14(13)17/h1,3-9H,(H,18,19). The molecule has 0 bridgehead atoms. The monoisotopic (exact) mass is 365 g/mol. The highest BCUT2D eigenvalue weighted by Crippen LogP contribution is 2.17. The second-order valence-corrected chi connectivity index (χ2v) is 4.97. The van der Waals surface area contributed by atoms with Crippen LogP contribution in [-0.2, 0) is 0 Å². The molecular weight excluding hydrogens is 356 g/mol. The Balaban J connectivity index is 2.23. The van der Waals surface area contributed by atoms with Gasteiger partial charge >= 0.3 is 0 Å². The van der Waals surface area contributed by atoms with Crippen molar-refractivity contribution in [2.75, 3.05) is 5.32 Å². The number of benzene rings is 2. The van der Waals surface area contributed by atoms with Crippen molar-refractivity contribution in [3.63, 3.8) is 0 Å². The van der Waals surface area contributed by atoms with Gasteiger partial charge in [-0.2, -0.15) is 0 Å². The average Bonchev–Trinajstić information content (AvgIpc) is 2.38. The second-order valence-electron chi connectivity index (χ2n) is 3.80. The van der Waals surface area contributed by atoms with E-state index in [9.17, 15) is 9.18 Å². The zero-order valence-electron chi connectivity index (χ0n) is 9.78. The fourth-order valence-corrected chi connectivity index (χ4v) is 2.28. The zero-order valence-corrected chi connectivity index (χ0v) is 11.9. The number of halogens is 2. The SMILES string of the molecule is C#Cc1cccc(NC(=O)c2ccc(F)cc2I)c1. The van der Waals surface area contributed by atoms with E-state index < -0.39 is 0 Å². The van der Waals surface area contributed by atoms with Crippen molar-refractivity contribution in [2.45, 2.75) is 0 Å². The molecule has 2 aromatic rings. The Morgan fingerprint density at radius 1 is 1.26 bits per heavy atom. The Morgan fingerprint density at radius 3 is 2.74 bits per heavy atom. The lowest BCUT2D eigenvalue weighted by Gasteiger charge is -2.07. The second kappa shape index (κ2) is 5.85. The maximum absolute atomic E-state index is 13.0. The first-order valence-electron chi connectivity index (χ1n) is 5.43. The molecule has 0 spiro atoms. The Kier molecular flexibility index (Phi) is 4.17. The Hall–Kier alpha value is -1.87. The third-order valence-corrected chi connectivity index (χ3v) is 3.36. The van der Waals surface area contributed by atoms with E-state index in [1.807, 2.05) is 22.6 Å². The molecule has 2 nitrogen and oxygen atoms in total. The van der Waals surface area contributed by atoms with Gasteiger partial charge in [0.25, 0.3) is 5.91 Å². The molecule has 0 fully saturated rings. The summed E-state index contributed by atoms with van der Waals surface area (Å²) in [6, 6.07) is 11.0. The summed E-state index contributed by atoms with van der Waals surface area (Å²) in [5.41, 5.74) is 1.72. The van der Waals surface area contributed by atoms with Crippen molar-refractivity contribution in [3.8, 4) is 12.3 Å². The Bertz CT molecular complexity index is 676. The number of nitrogens with one attached hydrogen (secondary N) is 1. The number of rotatable bonds is 2. The van der Waals surface area contributed by atoms with Gasteiger partial charge in [0.2, 0.25) is 0 Å². The van der Waals surface area contributed by atoms with E-state index in [4.69, 9.17) is 6.42 Å². The third-order valence-electron chi connectivity index (χ3n) is 2.46. The molecule has 0 saturated carbocycles. The summed E-state index contributed by atoms with van der Waals surface area (Å²) < 4.78 is 13.5. The summed E-state index contributed by atoms with van der Waals surface area (Å²) in [6.45, 7) is 0. The lowest BCUT2D eigenvalue weighted by molar-refractivity contribution is 0.102. The first-order valence-corrected chi connectivity index (χ1v) is 6.51. The van der Waals surface area contributed by atoms with E-state index in [-0.39, 0.29) is 11.7 Å². The fraction of sp³-hybridized carbons (Fsp3) is 0. The highest BCUT2D eigenvalue weighted by molar-refractivity contribution is 14.1. The minimum atomic E-state index is -0.365. The maximum Gasteiger partial charge on any atom is 0.256 e. The Labute approximate surface area is 124 Å². The molecule has 2 aromatic carbocycles. The summed E-state index contributed by atoms with van der Waals surface area (Å²) in [4.78, 5) is 12.1. The van der Waals surface area contributed by atoms with Gasteiger partial charge in [-0.1, -0.05) is 12.0 Å². The molecule has 94 valence electrons. The van der Waals surface area contributed by atoms with Crippen LogP contribution in [0.25, 0.3) is 0 Å². The van der Waals surface area contributed by atoms with Gasteiger partial charge in [0.05, 0.1) is 5.56 Å². The number of amides is 1. The minimum absolute atomic E-state index is 0.293. The molecule has 2 rings (SSSR count). The quantitative estimate of drug-likeness (QED) is 0.639. The van der Waals surface area contributed by atoms with Crippen LogP contribution in [0.2, 0.25) is 0 Å². The number of hydrogen-bond acceptors (Lipinski definition) is 1. The molecule has 0 aliphatic heterocycles. The molecule has 0 aliphatic carbocycles. The lowest BCUT2D eigenvalue weighted by atomic mass is 10.2. The summed E-state index contributed by atoms with van der Waals surface area (Å²) in [7, 11) is 0. The maximum atomic E-state index is 13.0. The van der Waals surface area contributed by atoms with Crippen LogP contribution in [0.3, 0.4) is 0 Å². The van der Waals surface area contributed by atoms with Gasteiger partial charge in [-0.05, 0) is 59.0 Å². The number of anilines is 1.